The molecule has 6 nitrogen and oxygen atoms in total. The van der Waals surface area contributed by atoms with Crippen LogP contribution in [-0.2, 0) is 10.2 Å². The fourth-order valence-electron chi connectivity index (χ4n) is 3.33. The van der Waals surface area contributed by atoms with Crippen LogP contribution >= 0.6 is 0 Å². The normalized spacial score (nSPS) is 21.3. The van der Waals surface area contributed by atoms with E-state index in [0.29, 0.717) is 28.3 Å². The molecular weight excluding hydrogens is 292 g/mol. The van der Waals surface area contributed by atoms with E-state index < -0.39 is 5.41 Å². The Morgan fingerprint density at radius 1 is 1.13 bits per heavy atom. The van der Waals surface area contributed by atoms with Gasteiger partial charge in [0.15, 0.2) is 0 Å². The van der Waals surface area contributed by atoms with E-state index in [1.807, 2.05) is 18.2 Å². The highest BCUT2D eigenvalue weighted by Gasteiger charge is 2.56. The number of ether oxygens (including phenoxy) is 1. The molecule has 0 bridgehead atoms. The molecule has 5 N–H and O–H groups in total. The van der Waals surface area contributed by atoms with Gasteiger partial charge in [0.25, 0.3) is 0 Å². The predicted molar refractivity (Wildman–Crippen MR) is 84.2 cm³/mol. The SMILES string of the molecule is N#CC1=C(N)Oc2ccc(N)cc2C12C(=O)Nc1ccccc12. The molecule has 0 aliphatic carbocycles. The van der Waals surface area contributed by atoms with Crippen molar-refractivity contribution in [2.75, 3.05) is 11.1 Å². The Bertz CT molecular complexity index is 942. The number of amides is 1. The van der Waals surface area contributed by atoms with Crippen LogP contribution < -0.4 is 21.5 Å². The molecule has 2 aromatic carbocycles. The van der Waals surface area contributed by atoms with Crippen LogP contribution in [0.4, 0.5) is 11.4 Å². The Balaban J connectivity index is 2.17. The highest BCUT2D eigenvalue weighted by Crippen LogP contribution is 2.53. The molecule has 4 rings (SSSR count). The van der Waals surface area contributed by atoms with Crippen molar-refractivity contribution >= 4 is 17.3 Å². The number of nitrogens with zero attached hydrogens (tertiary/aromatic N) is 1. The third-order valence-electron chi connectivity index (χ3n) is 4.28. The number of nitrogens with two attached hydrogens (primary N) is 2. The van der Waals surface area contributed by atoms with Crippen molar-refractivity contribution < 1.29 is 9.53 Å². The molecule has 112 valence electrons. The summed E-state index contributed by atoms with van der Waals surface area (Å²) in [6, 6.07) is 14.2. The molecule has 1 amide bonds. The lowest BCUT2D eigenvalue weighted by molar-refractivity contribution is -0.118. The average molecular weight is 304 g/mol. The van der Waals surface area contributed by atoms with Crippen molar-refractivity contribution in [3.63, 3.8) is 0 Å². The van der Waals surface area contributed by atoms with Gasteiger partial charge in [0.1, 0.15) is 22.8 Å². The number of carbonyl (C=O) groups excluding carboxylic acids is 1. The fraction of sp³-hybridized carbons (Fsp3) is 0.0588. The van der Waals surface area contributed by atoms with Crippen LogP contribution in [0.3, 0.4) is 0 Å². The van der Waals surface area contributed by atoms with Crippen LogP contribution in [0.2, 0.25) is 0 Å². The zero-order valence-corrected chi connectivity index (χ0v) is 12.0. The van der Waals surface area contributed by atoms with E-state index in [2.05, 4.69) is 5.32 Å². The molecule has 0 radical (unpaired) electrons. The summed E-state index contributed by atoms with van der Waals surface area (Å²) >= 11 is 0. The van der Waals surface area contributed by atoms with Gasteiger partial charge in [-0.25, -0.2) is 0 Å². The second-order valence-electron chi connectivity index (χ2n) is 5.46. The first kappa shape index (κ1) is 13.2. The van der Waals surface area contributed by atoms with E-state index in [-0.39, 0.29) is 17.4 Å². The van der Waals surface area contributed by atoms with Gasteiger partial charge in [-0.05, 0) is 24.3 Å². The number of anilines is 2. The summed E-state index contributed by atoms with van der Waals surface area (Å²) in [5, 5.41) is 12.5. The Morgan fingerprint density at radius 3 is 2.70 bits per heavy atom. The number of hydrogen-bond acceptors (Lipinski definition) is 5. The summed E-state index contributed by atoms with van der Waals surface area (Å²) in [6.45, 7) is 0. The lowest BCUT2D eigenvalue weighted by Gasteiger charge is -2.33. The lowest BCUT2D eigenvalue weighted by atomic mass is 9.69. The topological polar surface area (TPSA) is 114 Å². The molecule has 1 unspecified atom stereocenters. The molecule has 1 atom stereocenters. The number of nitriles is 1. The molecule has 0 saturated carbocycles. The summed E-state index contributed by atoms with van der Waals surface area (Å²) in [7, 11) is 0. The first-order valence-corrected chi connectivity index (χ1v) is 6.98. The molecule has 0 fully saturated rings. The van der Waals surface area contributed by atoms with Crippen molar-refractivity contribution in [2.24, 2.45) is 5.73 Å². The molecule has 2 aliphatic rings. The van der Waals surface area contributed by atoms with Crippen LogP contribution in [0.25, 0.3) is 0 Å². The quantitative estimate of drug-likeness (QED) is 0.639. The fourth-order valence-corrected chi connectivity index (χ4v) is 3.33. The highest BCUT2D eigenvalue weighted by atomic mass is 16.5. The van der Waals surface area contributed by atoms with Crippen LogP contribution in [0.5, 0.6) is 5.75 Å². The minimum Gasteiger partial charge on any atom is -0.440 e. The van der Waals surface area contributed by atoms with Crippen molar-refractivity contribution in [1.29, 1.82) is 5.26 Å². The van der Waals surface area contributed by atoms with Gasteiger partial charge in [0.05, 0.1) is 0 Å². The van der Waals surface area contributed by atoms with E-state index in [0.717, 1.165) is 0 Å². The van der Waals surface area contributed by atoms with Gasteiger partial charge in [-0.2, -0.15) is 5.26 Å². The number of nitrogens with one attached hydrogen (secondary N) is 1. The predicted octanol–water partition coefficient (Wildman–Crippen LogP) is 1.59. The van der Waals surface area contributed by atoms with Crippen molar-refractivity contribution in [3.05, 3.63) is 65.0 Å². The Kier molecular flexibility index (Phi) is 2.46. The van der Waals surface area contributed by atoms with Gasteiger partial charge in [-0.3, -0.25) is 4.79 Å². The van der Waals surface area contributed by atoms with Crippen LogP contribution in [0.1, 0.15) is 11.1 Å². The van der Waals surface area contributed by atoms with E-state index in [1.165, 1.54) is 0 Å². The van der Waals surface area contributed by atoms with Crippen LogP contribution in [0, 0.1) is 11.3 Å². The summed E-state index contributed by atoms with van der Waals surface area (Å²) in [5.74, 6) is 0.00697. The zero-order valence-electron chi connectivity index (χ0n) is 12.0. The number of hydrogen-bond donors (Lipinski definition) is 3. The number of carbonyl (C=O) groups is 1. The Morgan fingerprint density at radius 2 is 1.91 bits per heavy atom. The average Bonchev–Trinajstić information content (AvgIpc) is 2.82. The molecule has 0 aromatic heterocycles. The molecule has 2 heterocycles. The molecular formula is C17H12N4O2. The van der Waals surface area contributed by atoms with E-state index in [4.69, 9.17) is 16.2 Å². The number of benzene rings is 2. The van der Waals surface area contributed by atoms with Crippen molar-refractivity contribution in [2.45, 2.75) is 5.41 Å². The monoisotopic (exact) mass is 304 g/mol. The van der Waals surface area contributed by atoms with Gasteiger partial charge in [-0.15, -0.1) is 0 Å². The lowest BCUT2D eigenvalue weighted by Crippen LogP contribution is -2.42. The number of rotatable bonds is 0. The largest absolute Gasteiger partial charge is 0.440 e. The molecule has 2 aliphatic heterocycles. The second-order valence-corrected chi connectivity index (χ2v) is 5.46. The van der Waals surface area contributed by atoms with Gasteiger partial charge < -0.3 is 21.5 Å². The van der Waals surface area contributed by atoms with Crippen LogP contribution in [0.15, 0.2) is 53.9 Å². The van der Waals surface area contributed by atoms with Crippen molar-refractivity contribution in [3.8, 4) is 11.8 Å². The molecule has 1 spiro atoms. The minimum absolute atomic E-state index is 0.0676. The molecule has 0 saturated heterocycles. The minimum atomic E-state index is -1.33. The Hall–Kier alpha value is -3.46. The van der Waals surface area contributed by atoms with Gasteiger partial charge in [0.2, 0.25) is 11.8 Å². The van der Waals surface area contributed by atoms with E-state index in [9.17, 15) is 10.1 Å². The summed E-state index contributed by atoms with van der Waals surface area (Å²) < 4.78 is 5.54. The van der Waals surface area contributed by atoms with E-state index in [1.54, 1.807) is 30.3 Å². The van der Waals surface area contributed by atoms with Gasteiger partial charge >= 0.3 is 0 Å². The third-order valence-corrected chi connectivity index (χ3v) is 4.28. The molecule has 23 heavy (non-hydrogen) atoms. The van der Waals surface area contributed by atoms with Gasteiger partial charge in [-0.1, -0.05) is 18.2 Å². The van der Waals surface area contributed by atoms with Crippen LogP contribution in [-0.4, -0.2) is 5.91 Å². The highest BCUT2D eigenvalue weighted by molar-refractivity contribution is 6.12. The zero-order chi connectivity index (χ0) is 16.2. The van der Waals surface area contributed by atoms with Crippen molar-refractivity contribution in [1.82, 2.24) is 0 Å². The van der Waals surface area contributed by atoms with Gasteiger partial charge in [0, 0.05) is 22.5 Å². The maximum atomic E-state index is 12.9. The Labute approximate surface area is 132 Å². The molecule has 6 heteroatoms. The first-order chi connectivity index (χ1) is 11.1. The number of para-hydroxylation sites is 1. The smallest absolute Gasteiger partial charge is 0.245 e. The second kappa shape index (κ2) is 4.27. The number of fused-ring (bicyclic) bond motifs is 4. The third kappa shape index (κ3) is 1.48. The maximum absolute atomic E-state index is 12.9. The molecule has 2 aromatic rings. The van der Waals surface area contributed by atoms with E-state index >= 15 is 0 Å². The maximum Gasteiger partial charge on any atom is 0.245 e. The summed E-state index contributed by atoms with van der Waals surface area (Å²) in [5.41, 5.74) is 12.9. The summed E-state index contributed by atoms with van der Waals surface area (Å²) in [6.07, 6.45) is 0. The standard InChI is InChI=1S/C17H12N4O2/c18-8-12-15(20)23-14-6-5-9(19)7-11(14)17(12)10-3-1-2-4-13(10)21-16(17)22/h1-7H,19-20H2,(H,21,22). The first-order valence-electron chi connectivity index (χ1n) is 6.98. The summed E-state index contributed by atoms with van der Waals surface area (Å²) in [4.78, 5) is 12.9. The number of nitrogen functional groups attached to an aromatic ring is 1.